The molecule has 0 aromatic heterocycles. The van der Waals surface area contributed by atoms with Gasteiger partial charge in [0.1, 0.15) is 0 Å². The lowest BCUT2D eigenvalue weighted by Gasteiger charge is -2.38. The van der Waals surface area contributed by atoms with Gasteiger partial charge in [0.05, 0.1) is 69.0 Å². The molecule has 78 heavy (non-hydrogen) atoms. The number of nitriles is 2. The predicted molar refractivity (Wildman–Crippen MR) is 279 cm³/mol. The van der Waals surface area contributed by atoms with Gasteiger partial charge < -0.3 is 31.1 Å². The molecule has 0 saturated carbocycles. The van der Waals surface area contributed by atoms with Gasteiger partial charge in [0.2, 0.25) is 0 Å². The SMILES string of the molecule is CC1=C(C(=O)NCCCN2CCN(CCN3CCN(CCCNC(=O)C4=C(C)N(c5cccc(C(F)(F)F)c5)C(=O)N[C@@H]4c4ccc(C#N)cc4)CC3)CC2)[C@@H](c2ccc(C#N)cc2)NC(=O)N1c1cccc(C(F)(F)F)c1. The molecule has 4 aromatic rings. The van der Waals surface area contributed by atoms with Crippen molar-refractivity contribution in [3.05, 3.63) is 153 Å². The van der Waals surface area contributed by atoms with Crippen LogP contribution in [0.1, 0.15) is 72.2 Å². The van der Waals surface area contributed by atoms with Crippen molar-refractivity contribution >= 4 is 35.3 Å². The molecule has 8 rings (SSSR count). The molecule has 4 N–H and O–H groups in total. The number of amides is 6. The highest BCUT2D eigenvalue weighted by Crippen LogP contribution is 2.39. The lowest BCUT2D eigenvalue weighted by atomic mass is 9.93. The maximum absolute atomic E-state index is 14.0. The van der Waals surface area contributed by atoms with E-state index in [1.54, 1.807) is 48.5 Å². The van der Waals surface area contributed by atoms with Crippen molar-refractivity contribution < 1.29 is 45.5 Å². The van der Waals surface area contributed by atoms with Crippen molar-refractivity contribution in [1.29, 1.82) is 10.5 Å². The zero-order chi connectivity index (χ0) is 55.7. The Morgan fingerprint density at radius 2 is 0.872 bits per heavy atom. The Balaban J connectivity index is 0.765. The smallest absolute Gasteiger partial charge is 0.352 e. The Kier molecular flexibility index (Phi) is 17.9. The van der Waals surface area contributed by atoms with E-state index in [-0.39, 0.29) is 33.9 Å². The van der Waals surface area contributed by atoms with Crippen LogP contribution in [0.2, 0.25) is 0 Å². The Bertz CT molecular complexity index is 2790. The van der Waals surface area contributed by atoms with Crippen LogP contribution in [-0.4, -0.2) is 135 Å². The number of halogens is 6. The molecule has 4 aromatic carbocycles. The summed E-state index contributed by atoms with van der Waals surface area (Å²) in [7, 11) is 0. The topological polar surface area (TPSA) is 183 Å². The van der Waals surface area contributed by atoms with Gasteiger partial charge >= 0.3 is 24.4 Å². The van der Waals surface area contributed by atoms with Crippen LogP contribution in [0.4, 0.5) is 47.3 Å². The van der Waals surface area contributed by atoms with Crippen LogP contribution < -0.4 is 31.1 Å². The largest absolute Gasteiger partial charge is 0.416 e. The molecule has 0 spiro atoms. The third kappa shape index (κ3) is 13.5. The van der Waals surface area contributed by atoms with Gasteiger partial charge in [0.15, 0.2) is 0 Å². The second kappa shape index (κ2) is 24.7. The molecule has 22 heteroatoms. The molecule has 0 unspecified atom stereocenters. The summed E-state index contributed by atoms with van der Waals surface area (Å²) in [6.45, 7) is 14.0. The summed E-state index contributed by atoms with van der Waals surface area (Å²) in [4.78, 5) is 66.6. The number of hydrogen-bond acceptors (Lipinski definition) is 10. The number of nitrogens with one attached hydrogen (secondary N) is 4. The zero-order valence-electron chi connectivity index (χ0n) is 43.2. The molecule has 410 valence electrons. The second-order valence-electron chi connectivity index (χ2n) is 19.6. The van der Waals surface area contributed by atoms with Gasteiger partial charge in [0, 0.05) is 89.9 Å². The van der Waals surface area contributed by atoms with Crippen molar-refractivity contribution in [3.63, 3.8) is 0 Å². The summed E-state index contributed by atoms with van der Waals surface area (Å²) >= 11 is 0. The van der Waals surface area contributed by atoms with Crippen molar-refractivity contribution in [1.82, 2.24) is 40.9 Å². The van der Waals surface area contributed by atoms with Gasteiger partial charge in [0.25, 0.3) is 11.8 Å². The van der Waals surface area contributed by atoms with Gasteiger partial charge in [-0.2, -0.15) is 36.9 Å². The van der Waals surface area contributed by atoms with E-state index in [1.165, 1.54) is 38.1 Å². The number of anilines is 2. The third-order valence-electron chi connectivity index (χ3n) is 14.6. The summed E-state index contributed by atoms with van der Waals surface area (Å²) in [6.07, 6.45) is -8.00. The first kappa shape index (κ1) is 56.4. The summed E-state index contributed by atoms with van der Waals surface area (Å²) < 4.78 is 82.0. The minimum Gasteiger partial charge on any atom is -0.352 e. The molecule has 16 nitrogen and oxygen atoms in total. The number of nitrogens with zero attached hydrogens (tertiary/aromatic N) is 8. The molecule has 2 fully saturated rings. The molecule has 2 saturated heterocycles. The van der Waals surface area contributed by atoms with Gasteiger partial charge in [-0.05, 0) is 112 Å². The van der Waals surface area contributed by atoms with Crippen LogP contribution in [0, 0.1) is 22.7 Å². The van der Waals surface area contributed by atoms with E-state index < -0.39 is 59.4 Å². The number of rotatable bonds is 17. The highest BCUT2D eigenvalue weighted by molar-refractivity contribution is 6.06. The lowest BCUT2D eigenvalue weighted by Crippen LogP contribution is -2.52. The van der Waals surface area contributed by atoms with Crippen molar-refractivity contribution in [2.75, 3.05) is 101 Å². The summed E-state index contributed by atoms with van der Waals surface area (Å²) in [5.41, 5.74) is 0.586. The average Bonchev–Trinajstić information content (AvgIpc) is 3.58. The van der Waals surface area contributed by atoms with Crippen molar-refractivity contribution in [2.45, 2.75) is 51.1 Å². The van der Waals surface area contributed by atoms with E-state index in [0.29, 0.717) is 48.2 Å². The fourth-order valence-electron chi connectivity index (χ4n) is 10.3. The highest BCUT2D eigenvalue weighted by Gasteiger charge is 2.40. The molecule has 4 aliphatic rings. The molecule has 2 atom stereocenters. The van der Waals surface area contributed by atoms with Gasteiger partial charge in [-0.15, -0.1) is 0 Å². The minimum absolute atomic E-state index is 0.0414. The standard InChI is InChI=1S/C56H60F6N12O4/c1-37-47(49(41-15-11-39(35-63)12-16-41)67-53(77)73(37)45-9-3-7-43(33-45)55(57,58)59)51(75)65-19-5-21-69-23-27-71(28-24-69)31-32-72-29-25-70(26-30-72)22-6-20-66-52(76)48-38(2)74(46-10-4-8-44(34-46)56(60,61)62)54(78)68-50(48)42-17-13-40(36-64)14-18-42/h3-4,7-18,33-34,49-50H,5-6,19-32H2,1-2H3,(H,65,75)(H,66,76)(H,67,77)(H,68,78)/t49-,50-/m1/s1. The summed E-state index contributed by atoms with van der Waals surface area (Å²) in [5.74, 6) is -0.942. The first-order valence-corrected chi connectivity index (χ1v) is 25.8. The molecule has 0 aliphatic carbocycles. The highest BCUT2D eigenvalue weighted by atomic mass is 19.4. The minimum atomic E-state index is -4.64. The van der Waals surface area contributed by atoms with Crippen LogP contribution >= 0.6 is 0 Å². The van der Waals surface area contributed by atoms with Crippen molar-refractivity contribution in [2.24, 2.45) is 0 Å². The first-order valence-electron chi connectivity index (χ1n) is 25.8. The Labute approximate surface area is 448 Å². The Hall–Kier alpha value is -7.76. The molecular formula is C56H60F6N12O4. The quantitative estimate of drug-likeness (QED) is 0.0610. The van der Waals surface area contributed by atoms with Gasteiger partial charge in [-0.3, -0.25) is 29.2 Å². The van der Waals surface area contributed by atoms with E-state index in [0.717, 1.165) is 113 Å². The number of piperazine rings is 2. The summed E-state index contributed by atoms with van der Waals surface area (Å²) in [5, 5.41) is 30.2. The monoisotopic (exact) mass is 1080 g/mol. The van der Waals surface area contributed by atoms with Crippen molar-refractivity contribution in [3.8, 4) is 12.1 Å². The molecule has 6 amide bonds. The Morgan fingerprint density at radius 3 is 1.19 bits per heavy atom. The normalized spacial score (nSPS) is 19.3. The van der Waals surface area contributed by atoms with Crippen LogP contribution in [0.25, 0.3) is 0 Å². The average molecular weight is 1080 g/mol. The maximum Gasteiger partial charge on any atom is 0.416 e. The fraction of sp³-hybridized carbons (Fsp3) is 0.393. The Morgan fingerprint density at radius 1 is 0.538 bits per heavy atom. The number of allylic oxidation sites excluding steroid dienone is 2. The van der Waals surface area contributed by atoms with Crippen LogP contribution in [0.5, 0.6) is 0 Å². The number of carbonyl (C=O) groups excluding carboxylic acids is 4. The van der Waals surface area contributed by atoms with Gasteiger partial charge in [-0.1, -0.05) is 36.4 Å². The molecule has 4 heterocycles. The number of benzene rings is 4. The molecule has 0 bridgehead atoms. The van der Waals surface area contributed by atoms with E-state index in [9.17, 15) is 56.0 Å². The fourth-order valence-corrected chi connectivity index (χ4v) is 10.3. The predicted octanol–water partition coefficient (Wildman–Crippen LogP) is 7.51. The van der Waals surface area contributed by atoms with Crippen LogP contribution in [0.3, 0.4) is 0 Å². The number of carbonyl (C=O) groups is 4. The lowest BCUT2D eigenvalue weighted by molar-refractivity contribution is -0.138. The van der Waals surface area contributed by atoms with Crippen LogP contribution in [-0.2, 0) is 21.9 Å². The maximum atomic E-state index is 14.0. The molecular weight excluding hydrogens is 1020 g/mol. The van der Waals surface area contributed by atoms with Crippen LogP contribution in [0.15, 0.2) is 120 Å². The number of alkyl halides is 6. The summed E-state index contributed by atoms with van der Waals surface area (Å²) in [6, 6.07) is 22.4. The van der Waals surface area contributed by atoms with Gasteiger partial charge in [-0.25, -0.2) is 9.59 Å². The first-order chi connectivity index (χ1) is 37.3. The van der Waals surface area contributed by atoms with E-state index in [4.69, 9.17) is 0 Å². The molecule has 0 radical (unpaired) electrons. The van der Waals surface area contributed by atoms with E-state index >= 15 is 0 Å². The van der Waals surface area contributed by atoms with E-state index in [2.05, 4.69) is 40.9 Å². The number of hydrogen-bond donors (Lipinski definition) is 4. The zero-order valence-corrected chi connectivity index (χ0v) is 43.2. The third-order valence-corrected chi connectivity index (χ3v) is 14.6. The second-order valence-corrected chi connectivity index (χ2v) is 19.6. The number of urea groups is 2. The molecule has 4 aliphatic heterocycles. The van der Waals surface area contributed by atoms with E-state index in [1.807, 2.05) is 12.1 Å².